The van der Waals surface area contributed by atoms with E-state index in [0.29, 0.717) is 23.1 Å². The van der Waals surface area contributed by atoms with Crippen LogP contribution in [-0.4, -0.2) is 26.0 Å². The van der Waals surface area contributed by atoms with Crippen LogP contribution in [0.1, 0.15) is 5.56 Å². The molecule has 1 heterocycles. The minimum Gasteiger partial charge on any atom is -0.497 e. The Morgan fingerprint density at radius 2 is 1.71 bits per heavy atom. The number of fused-ring (bicyclic) bond motifs is 1. The summed E-state index contributed by atoms with van der Waals surface area (Å²) in [6, 6.07) is 12.7. The Labute approximate surface area is 159 Å². The SMILES string of the molecule is COc1ccc(CNc2nccc3cc(OS(=O)(=O)C(F)(F)F)ccc23)cc1. The van der Waals surface area contributed by atoms with Crippen LogP contribution < -0.4 is 14.2 Å². The van der Waals surface area contributed by atoms with Crippen molar-refractivity contribution < 1.29 is 30.5 Å². The average molecular weight is 412 g/mol. The molecule has 6 nitrogen and oxygen atoms in total. The number of hydrogen-bond donors (Lipinski definition) is 1. The van der Waals surface area contributed by atoms with Crippen molar-refractivity contribution in [3.8, 4) is 11.5 Å². The third-order valence-corrected chi connectivity index (χ3v) is 4.82. The molecule has 0 unspecified atom stereocenters. The van der Waals surface area contributed by atoms with Gasteiger partial charge in [-0.1, -0.05) is 12.1 Å². The van der Waals surface area contributed by atoms with Gasteiger partial charge in [0.2, 0.25) is 0 Å². The van der Waals surface area contributed by atoms with E-state index in [-0.39, 0.29) is 0 Å². The molecule has 2 aromatic carbocycles. The summed E-state index contributed by atoms with van der Waals surface area (Å²) in [7, 11) is -4.15. The fourth-order valence-corrected chi connectivity index (χ4v) is 2.90. The van der Waals surface area contributed by atoms with Crippen molar-refractivity contribution in [3.05, 3.63) is 60.3 Å². The van der Waals surface area contributed by atoms with Gasteiger partial charge in [-0.2, -0.15) is 21.6 Å². The summed E-state index contributed by atoms with van der Waals surface area (Å²) in [6.07, 6.45) is 1.46. The molecule has 3 aromatic rings. The van der Waals surface area contributed by atoms with Gasteiger partial charge in [-0.3, -0.25) is 0 Å². The largest absolute Gasteiger partial charge is 0.534 e. The molecule has 0 saturated heterocycles. The van der Waals surface area contributed by atoms with Gasteiger partial charge in [0, 0.05) is 18.1 Å². The number of pyridine rings is 1. The number of nitrogens with zero attached hydrogens (tertiary/aromatic N) is 1. The molecule has 3 rings (SSSR count). The predicted octanol–water partition coefficient (Wildman–Crippen LogP) is 4.08. The van der Waals surface area contributed by atoms with Crippen molar-refractivity contribution in [1.82, 2.24) is 4.98 Å². The molecule has 0 bridgehead atoms. The average Bonchev–Trinajstić information content (AvgIpc) is 2.65. The van der Waals surface area contributed by atoms with Gasteiger partial charge in [0.05, 0.1) is 7.11 Å². The molecule has 0 amide bonds. The summed E-state index contributed by atoms with van der Waals surface area (Å²) >= 11 is 0. The quantitative estimate of drug-likeness (QED) is 0.486. The minimum absolute atomic E-state index is 0.433. The first-order valence-electron chi connectivity index (χ1n) is 7.96. The van der Waals surface area contributed by atoms with E-state index in [1.807, 2.05) is 24.3 Å². The molecule has 10 heteroatoms. The van der Waals surface area contributed by atoms with Gasteiger partial charge in [-0.15, -0.1) is 0 Å². The van der Waals surface area contributed by atoms with Gasteiger partial charge < -0.3 is 14.2 Å². The van der Waals surface area contributed by atoms with Gasteiger partial charge in [-0.05, 0) is 47.3 Å². The molecule has 148 valence electrons. The van der Waals surface area contributed by atoms with Crippen LogP contribution in [0.3, 0.4) is 0 Å². The lowest BCUT2D eigenvalue weighted by Gasteiger charge is -2.12. The molecule has 0 atom stereocenters. The van der Waals surface area contributed by atoms with Crippen LogP contribution in [0, 0.1) is 0 Å². The molecule has 0 aliphatic carbocycles. The van der Waals surface area contributed by atoms with E-state index < -0.39 is 21.4 Å². The molecular formula is C18H15F3N2O4S. The summed E-state index contributed by atoms with van der Waals surface area (Å²) in [5.74, 6) is 0.795. The lowest BCUT2D eigenvalue weighted by molar-refractivity contribution is -0.0500. The minimum atomic E-state index is -5.72. The van der Waals surface area contributed by atoms with Gasteiger partial charge in [0.15, 0.2) is 0 Å². The zero-order valence-electron chi connectivity index (χ0n) is 14.5. The maximum Gasteiger partial charge on any atom is 0.534 e. The second-order valence-corrected chi connectivity index (χ2v) is 7.27. The second kappa shape index (κ2) is 7.55. The zero-order valence-corrected chi connectivity index (χ0v) is 15.3. The van der Waals surface area contributed by atoms with E-state index in [9.17, 15) is 21.6 Å². The number of hydrogen-bond acceptors (Lipinski definition) is 6. The van der Waals surface area contributed by atoms with Crippen LogP contribution in [0.4, 0.5) is 19.0 Å². The molecule has 0 aliphatic heterocycles. The number of ether oxygens (including phenoxy) is 1. The van der Waals surface area contributed by atoms with E-state index >= 15 is 0 Å². The maximum absolute atomic E-state index is 12.5. The topological polar surface area (TPSA) is 77.5 Å². The first kappa shape index (κ1) is 19.7. The maximum atomic E-state index is 12.5. The van der Waals surface area contributed by atoms with Crippen molar-refractivity contribution in [2.45, 2.75) is 12.1 Å². The number of anilines is 1. The molecular weight excluding hydrogens is 397 g/mol. The molecule has 1 N–H and O–H groups in total. The Morgan fingerprint density at radius 3 is 2.36 bits per heavy atom. The number of alkyl halides is 3. The Hall–Kier alpha value is -3.01. The monoisotopic (exact) mass is 412 g/mol. The first-order valence-corrected chi connectivity index (χ1v) is 9.37. The number of benzene rings is 2. The molecule has 28 heavy (non-hydrogen) atoms. The van der Waals surface area contributed by atoms with E-state index in [0.717, 1.165) is 17.4 Å². The number of rotatable bonds is 6. The smallest absolute Gasteiger partial charge is 0.497 e. The van der Waals surface area contributed by atoms with Gasteiger partial charge in [-0.25, -0.2) is 4.98 Å². The normalized spacial score (nSPS) is 12.0. The highest BCUT2D eigenvalue weighted by molar-refractivity contribution is 7.88. The third kappa shape index (κ3) is 4.28. The molecule has 1 aromatic heterocycles. The Balaban J connectivity index is 1.81. The van der Waals surface area contributed by atoms with Gasteiger partial charge >= 0.3 is 15.6 Å². The predicted molar refractivity (Wildman–Crippen MR) is 97.7 cm³/mol. The number of halogens is 3. The molecule has 0 fully saturated rings. The van der Waals surface area contributed by atoms with Crippen molar-refractivity contribution in [1.29, 1.82) is 0 Å². The van der Waals surface area contributed by atoms with E-state index in [2.05, 4.69) is 14.5 Å². The number of aromatic nitrogens is 1. The molecule has 0 aliphatic rings. The van der Waals surface area contributed by atoms with Crippen LogP contribution in [-0.2, 0) is 16.7 Å². The fourth-order valence-electron chi connectivity index (χ4n) is 2.45. The summed E-state index contributed by atoms with van der Waals surface area (Å²) in [5.41, 5.74) is -4.53. The van der Waals surface area contributed by atoms with Crippen molar-refractivity contribution in [3.63, 3.8) is 0 Å². The third-order valence-electron chi connectivity index (χ3n) is 3.84. The van der Waals surface area contributed by atoms with Gasteiger partial charge in [0.1, 0.15) is 17.3 Å². The summed E-state index contributed by atoms with van der Waals surface area (Å²) in [5, 5.41) is 4.22. The van der Waals surface area contributed by atoms with Gasteiger partial charge in [0.25, 0.3) is 0 Å². The van der Waals surface area contributed by atoms with E-state index in [4.69, 9.17) is 4.74 Å². The second-order valence-electron chi connectivity index (χ2n) is 5.73. The molecule has 0 spiro atoms. The molecule has 0 saturated carbocycles. The highest BCUT2D eigenvalue weighted by Crippen LogP contribution is 2.30. The van der Waals surface area contributed by atoms with Crippen molar-refractivity contribution >= 4 is 26.7 Å². The van der Waals surface area contributed by atoms with E-state index in [1.54, 1.807) is 13.2 Å². The van der Waals surface area contributed by atoms with Crippen LogP contribution >= 0.6 is 0 Å². The van der Waals surface area contributed by atoms with Crippen LogP contribution in [0.15, 0.2) is 54.7 Å². The summed E-state index contributed by atoms with van der Waals surface area (Å²) in [4.78, 5) is 4.22. The van der Waals surface area contributed by atoms with Crippen molar-refractivity contribution in [2.75, 3.05) is 12.4 Å². The Kier molecular flexibility index (Phi) is 5.32. The molecule has 0 radical (unpaired) electrons. The highest BCUT2D eigenvalue weighted by Gasteiger charge is 2.48. The summed E-state index contributed by atoms with van der Waals surface area (Å²) < 4.78 is 69.0. The lowest BCUT2D eigenvalue weighted by Crippen LogP contribution is -2.28. The lowest BCUT2D eigenvalue weighted by atomic mass is 10.1. The van der Waals surface area contributed by atoms with Crippen LogP contribution in [0.25, 0.3) is 10.8 Å². The Morgan fingerprint density at radius 1 is 1.04 bits per heavy atom. The number of methoxy groups -OCH3 is 1. The zero-order chi connectivity index (χ0) is 20.4. The van der Waals surface area contributed by atoms with Crippen molar-refractivity contribution in [2.24, 2.45) is 0 Å². The highest BCUT2D eigenvalue weighted by atomic mass is 32.2. The fraction of sp³-hybridized carbons (Fsp3) is 0.167. The van der Waals surface area contributed by atoms with E-state index in [1.165, 1.54) is 18.3 Å². The van der Waals surface area contributed by atoms with Crippen LogP contribution in [0.2, 0.25) is 0 Å². The standard InChI is InChI=1S/C18H15F3N2O4S/c1-26-14-4-2-12(3-5-14)11-23-17-16-7-6-15(10-13(16)8-9-22-17)27-28(24,25)18(19,20)21/h2-10H,11H2,1H3,(H,22,23). The summed E-state index contributed by atoms with van der Waals surface area (Å²) in [6.45, 7) is 0.455. The number of nitrogens with one attached hydrogen (secondary N) is 1. The Bertz CT molecular complexity index is 1080. The first-order chi connectivity index (χ1) is 13.2. The van der Waals surface area contributed by atoms with Crippen LogP contribution in [0.5, 0.6) is 11.5 Å².